The minimum Gasteiger partial charge on any atom is -0.497 e. The van der Waals surface area contributed by atoms with Gasteiger partial charge in [0.05, 0.1) is 29.9 Å². The molecule has 23 heavy (non-hydrogen) atoms. The highest BCUT2D eigenvalue weighted by Gasteiger charge is 2.03. The van der Waals surface area contributed by atoms with E-state index in [1.54, 1.807) is 31.4 Å². The van der Waals surface area contributed by atoms with Gasteiger partial charge in [-0.05, 0) is 24.3 Å². The molecule has 0 spiro atoms. The van der Waals surface area contributed by atoms with Gasteiger partial charge in [0.1, 0.15) is 5.75 Å². The quantitative estimate of drug-likeness (QED) is 0.617. The van der Waals surface area contributed by atoms with E-state index in [1.165, 1.54) is 6.21 Å². The average molecular weight is 352 g/mol. The Bertz CT molecular complexity index is 700. The number of hydrogen-bond donors (Lipinski definition) is 2. The lowest BCUT2D eigenvalue weighted by molar-refractivity contribution is -0.119. The Morgan fingerprint density at radius 1 is 1.22 bits per heavy atom. The molecule has 5 nitrogen and oxygen atoms in total. The summed E-state index contributed by atoms with van der Waals surface area (Å²) in [6, 6.07) is 12.4. The predicted molar refractivity (Wildman–Crippen MR) is 93.7 cm³/mol. The van der Waals surface area contributed by atoms with Crippen molar-refractivity contribution >= 4 is 41.0 Å². The van der Waals surface area contributed by atoms with Gasteiger partial charge in [-0.1, -0.05) is 35.3 Å². The van der Waals surface area contributed by atoms with Crippen molar-refractivity contribution in [3.8, 4) is 5.75 Å². The van der Waals surface area contributed by atoms with E-state index in [9.17, 15) is 4.79 Å². The molecule has 2 rings (SSSR count). The number of halogens is 2. The van der Waals surface area contributed by atoms with Crippen molar-refractivity contribution in [2.45, 2.75) is 0 Å². The van der Waals surface area contributed by atoms with Crippen LogP contribution in [-0.2, 0) is 4.79 Å². The Hall–Kier alpha value is -2.24. The molecule has 0 saturated carbocycles. The van der Waals surface area contributed by atoms with Crippen LogP contribution in [0.15, 0.2) is 47.6 Å². The van der Waals surface area contributed by atoms with Crippen molar-refractivity contribution in [3.05, 3.63) is 58.1 Å². The Balaban J connectivity index is 1.86. The van der Waals surface area contributed by atoms with E-state index in [-0.39, 0.29) is 12.5 Å². The summed E-state index contributed by atoms with van der Waals surface area (Å²) in [7, 11) is 1.58. The fraction of sp³-hybridized carbons (Fsp3) is 0.125. The van der Waals surface area contributed by atoms with Gasteiger partial charge in [-0.25, -0.2) is 5.43 Å². The summed E-state index contributed by atoms with van der Waals surface area (Å²) >= 11 is 12.0. The van der Waals surface area contributed by atoms with E-state index >= 15 is 0 Å². The first kappa shape index (κ1) is 17.1. The second-order valence-electron chi connectivity index (χ2n) is 4.51. The lowest BCUT2D eigenvalue weighted by Gasteiger charge is -2.07. The fourth-order valence-electron chi connectivity index (χ4n) is 1.76. The number of benzene rings is 2. The number of hydrogen-bond acceptors (Lipinski definition) is 4. The van der Waals surface area contributed by atoms with Crippen molar-refractivity contribution in [2.75, 3.05) is 19.0 Å². The number of methoxy groups -OCH3 is 1. The molecule has 0 bridgehead atoms. The molecule has 7 heteroatoms. The first-order valence-corrected chi connectivity index (χ1v) is 7.49. The van der Waals surface area contributed by atoms with Crippen molar-refractivity contribution in [1.29, 1.82) is 0 Å². The molecular formula is C16H15Cl2N3O2. The highest BCUT2D eigenvalue weighted by molar-refractivity contribution is 6.38. The summed E-state index contributed by atoms with van der Waals surface area (Å²) in [4.78, 5) is 11.7. The van der Waals surface area contributed by atoms with Gasteiger partial charge >= 0.3 is 0 Å². The van der Waals surface area contributed by atoms with Crippen LogP contribution in [0, 0.1) is 0 Å². The maximum absolute atomic E-state index is 11.7. The van der Waals surface area contributed by atoms with Crippen molar-refractivity contribution in [1.82, 2.24) is 5.43 Å². The zero-order valence-electron chi connectivity index (χ0n) is 12.3. The Morgan fingerprint density at radius 3 is 2.61 bits per heavy atom. The van der Waals surface area contributed by atoms with Crippen LogP contribution in [0.25, 0.3) is 0 Å². The third kappa shape index (κ3) is 5.16. The minimum absolute atomic E-state index is 0.0702. The van der Waals surface area contributed by atoms with Crippen molar-refractivity contribution in [2.24, 2.45) is 5.10 Å². The molecule has 0 heterocycles. The molecule has 0 saturated heterocycles. The van der Waals surface area contributed by atoms with E-state index in [4.69, 9.17) is 27.9 Å². The molecule has 1 amide bonds. The second-order valence-corrected chi connectivity index (χ2v) is 5.33. The van der Waals surface area contributed by atoms with Crippen LogP contribution in [0.3, 0.4) is 0 Å². The topological polar surface area (TPSA) is 62.7 Å². The molecule has 120 valence electrons. The first-order valence-electron chi connectivity index (χ1n) is 6.74. The van der Waals surface area contributed by atoms with E-state index in [0.717, 1.165) is 5.69 Å². The first-order chi connectivity index (χ1) is 11.1. The number of amides is 1. The van der Waals surface area contributed by atoms with Gasteiger partial charge in [0, 0.05) is 17.3 Å². The fourth-order valence-corrected chi connectivity index (χ4v) is 2.25. The summed E-state index contributed by atoms with van der Waals surface area (Å²) in [5, 5.41) is 7.75. The third-order valence-corrected chi connectivity index (χ3v) is 3.56. The van der Waals surface area contributed by atoms with Gasteiger partial charge in [0.25, 0.3) is 5.91 Å². The molecule has 0 aliphatic carbocycles. The summed E-state index contributed by atoms with van der Waals surface area (Å²) in [6.07, 6.45) is 1.41. The molecule has 0 radical (unpaired) electrons. The highest BCUT2D eigenvalue weighted by atomic mass is 35.5. The smallest absolute Gasteiger partial charge is 0.259 e. The van der Waals surface area contributed by atoms with Crippen LogP contribution >= 0.6 is 23.2 Å². The number of carbonyl (C=O) groups excluding carboxylic acids is 1. The second kappa shape index (κ2) is 8.41. The molecule has 0 aliphatic heterocycles. The number of rotatable bonds is 6. The van der Waals surface area contributed by atoms with Gasteiger partial charge in [0.15, 0.2) is 0 Å². The Kier molecular flexibility index (Phi) is 6.26. The highest BCUT2D eigenvalue weighted by Crippen LogP contribution is 2.22. The van der Waals surface area contributed by atoms with E-state index in [1.807, 2.05) is 18.2 Å². The SMILES string of the molecule is COc1cccc(NCC(=O)N/N=C\c2c(Cl)cccc2Cl)c1. The summed E-state index contributed by atoms with van der Waals surface area (Å²) < 4.78 is 5.11. The predicted octanol–water partition coefficient (Wildman–Crippen LogP) is 3.56. The number of carbonyl (C=O) groups is 1. The van der Waals surface area contributed by atoms with Crippen LogP contribution in [0.1, 0.15) is 5.56 Å². The summed E-state index contributed by atoms with van der Waals surface area (Å²) in [6.45, 7) is 0.0702. The van der Waals surface area contributed by atoms with E-state index in [2.05, 4.69) is 15.8 Å². The van der Waals surface area contributed by atoms with Gasteiger partial charge in [0.2, 0.25) is 0 Å². The van der Waals surface area contributed by atoms with Crippen LogP contribution < -0.4 is 15.5 Å². The number of nitrogens with one attached hydrogen (secondary N) is 2. The van der Waals surface area contributed by atoms with E-state index < -0.39 is 0 Å². The number of anilines is 1. The standard InChI is InChI=1S/C16H15Cl2N3O2/c1-23-12-5-2-4-11(8-12)19-10-16(22)21-20-9-13-14(17)6-3-7-15(13)18/h2-9,19H,10H2,1H3,(H,21,22)/b20-9-. The van der Waals surface area contributed by atoms with Crippen molar-refractivity contribution < 1.29 is 9.53 Å². The lowest BCUT2D eigenvalue weighted by atomic mass is 10.2. The molecular weight excluding hydrogens is 337 g/mol. The van der Waals surface area contributed by atoms with E-state index in [0.29, 0.717) is 21.4 Å². The Morgan fingerprint density at radius 2 is 1.91 bits per heavy atom. The van der Waals surface area contributed by atoms with Crippen LogP contribution in [0.2, 0.25) is 10.0 Å². The molecule has 0 aromatic heterocycles. The van der Waals surface area contributed by atoms with Crippen LogP contribution in [0.4, 0.5) is 5.69 Å². The van der Waals surface area contributed by atoms with Gasteiger partial charge < -0.3 is 10.1 Å². The molecule has 0 unspecified atom stereocenters. The normalized spacial score (nSPS) is 10.6. The zero-order valence-corrected chi connectivity index (χ0v) is 13.9. The average Bonchev–Trinajstić information content (AvgIpc) is 2.56. The molecule has 0 aliphatic rings. The number of hydrazone groups is 1. The molecule has 2 N–H and O–H groups in total. The molecule has 2 aromatic carbocycles. The molecule has 0 atom stereocenters. The Labute approximate surface area is 144 Å². The minimum atomic E-state index is -0.299. The van der Waals surface area contributed by atoms with Gasteiger partial charge in [-0.3, -0.25) is 4.79 Å². The lowest BCUT2D eigenvalue weighted by Crippen LogP contribution is -2.25. The summed E-state index contributed by atoms with van der Waals surface area (Å²) in [5.74, 6) is 0.411. The summed E-state index contributed by atoms with van der Waals surface area (Å²) in [5.41, 5.74) is 3.73. The zero-order chi connectivity index (χ0) is 16.7. The van der Waals surface area contributed by atoms with Crippen LogP contribution in [0.5, 0.6) is 5.75 Å². The number of ether oxygens (including phenoxy) is 1. The maximum Gasteiger partial charge on any atom is 0.259 e. The van der Waals surface area contributed by atoms with Crippen molar-refractivity contribution in [3.63, 3.8) is 0 Å². The van der Waals surface area contributed by atoms with Gasteiger partial charge in [-0.2, -0.15) is 5.10 Å². The largest absolute Gasteiger partial charge is 0.497 e. The monoisotopic (exact) mass is 351 g/mol. The maximum atomic E-state index is 11.7. The van der Waals surface area contributed by atoms with Crippen LogP contribution in [-0.4, -0.2) is 25.8 Å². The van der Waals surface area contributed by atoms with Gasteiger partial charge in [-0.15, -0.1) is 0 Å². The molecule has 2 aromatic rings. The number of nitrogens with zero attached hydrogens (tertiary/aromatic N) is 1. The third-order valence-electron chi connectivity index (χ3n) is 2.91. The molecule has 0 fully saturated rings.